The molecule has 1 atom stereocenters. The Balaban J connectivity index is 0.00000112. The molecule has 1 aromatic heterocycles. The molecule has 0 bridgehead atoms. The smallest absolute Gasteiger partial charge is 1.00 e. The van der Waals surface area contributed by atoms with Crippen LogP contribution in [0, 0.1) is 0 Å². The largest absolute Gasteiger partial charge is 1.00 e. The van der Waals surface area contributed by atoms with Gasteiger partial charge in [-0.15, -0.1) is 0 Å². The summed E-state index contributed by atoms with van der Waals surface area (Å²) in [5.74, 6) is 0. The van der Waals surface area contributed by atoms with E-state index in [0.29, 0.717) is 3.67 Å². The van der Waals surface area contributed by atoms with Crippen LogP contribution in [0.5, 0.6) is 0 Å². The van der Waals surface area contributed by atoms with Crippen molar-refractivity contribution in [2.75, 3.05) is 0 Å². The third kappa shape index (κ3) is 3.60. The Morgan fingerprint density at radius 3 is 2.50 bits per heavy atom. The average Bonchev–Trinajstić information content (AvgIpc) is 3.33. The molecule has 0 amide bonds. The van der Waals surface area contributed by atoms with E-state index < -0.39 is 22.9 Å². The van der Waals surface area contributed by atoms with E-state index in [1.807, 2.05) is 0 Å². The van der Waals surface area contributed by atoms with Crippen LogP contribution >= 0.6 is 0 Å². The molecule has 0 spiro atoms. The molecular weight excluding hydrogens is 554 g/mol. The van der Waals surface area contributed by atoms with Crippen LogP contribution in [0.2, 0.25) is 0 Å². The van der Waals surface area contributed by atoms with E-state index in [9.17, 15) is 0 Å². The molecule has 1 unspecified atom stereocenters. The number of hydrogen-bond acceptors (Lipinski definition) is 1. The van der Waals surface area contributed by atoms with Gasteiger partial charge in [-0.05, 0) is 0 Å². The Morgan fingerprint density at radius 1 is 1.00 bits per heavy atom. The van der Waals surface area contributed by atoms with Gasteiger partial charge in [-0.2, -0.15) is 0 Å². The van der Waals surface area contributed by atoms with Crippen molar-refractivity contribution in [2.24, 2.45) is 0 Å². The molecule has 0 saturated heterocycles. The summed E-state index contributed by atoms with van der Waals surface area (Å²) in [6.07, 6.45) is 8.14. The molecule has 0 radical (unpaired) electrons. The van der Waals surface area contributed by atoms with Crippen LogP contribution in [-0.4, -0.2) is 9.78 Å². The molecule has 140 valence electrons. The zero-order chi connectivity index (χ0) is 17.7. The van der Waals surface area contributed by atoms with Crippen molar-refractivity contribution in [3.05, 3.63) is 86.4 Å². The van der Waals surface area contributed by atoms with E-state index in [1.165, 1.54) is 34.2 Å². The van der Waals surface area contributed by atoms with Gasteiger partial charge in [-0.25, -0.2) is 0 Å². The number of allylic oxidation sites excluding steroid dienone is 5. The Hall–Kier alpha value is -1.42. The van der Waals surface area contributed by atoms with E-state index in [1.54, 1.807) is 8.90 Å². The Labute approximate surface area is 189 Å². The van der Waals surface area contributed by atoms with Gasteiger partial charge in [0, 0.05) is 0 Å². The van der Waals surface area contributed by atoms with Crippen molar-refractivity contribution in [3.63, 3.8) is 0 Å². The third-order valence-electron chi connectivity index (χ3n) is 5.56. The second-order valence-electron chi connectivity index (χ2n) is 7.10. The zero-order valence-electron chi connectivity index (χ0n) is 15.8. The summed E-state index contributed by atoms with van der Waals surface area (Å²) in [5.41, 5.74) is 8.37. The Morgan fingerprint density at radius 2 is 1.75 bits per heavy atom. The number of nitrogens with zero attached hydrogens (tertiary/aromatic N) is 2. The molecule has 2 aliphatic rings. The first kappa shape index (κ1) is 21.3. The second-order valence-corrected chi connectivity index (χ2v) is 12.4. The van der Waals surface area contributed by atoms with E-state index in [4.69, 9.17) is 5.10 Å². The minimum atomic E-state index is -1.06. The summed E-state index contributed by atoms with van der Waals surface area (Å²) in [7, 11) is 0. The number of hydrogen-bond donors (Lipinski definition) is 0. The molecule has 0 saturated carbocycles. The fraction of sp³-hybridized carbons (Fsp3) is 0.174. The van der Waals surface area contributed by atoms with Gasteiger partial charge in [0.15, 0.2) is 0 Å². The van der Waals surface area contributed by atoms with Gasteiger partial charge in [0.05, 0.1) is 0 Å². The summed E-state index contributed by atoms with van der Waals surface area (Å²) in [4.78, 5) is 0. The number of benzene rings is 2. The zero-order valence-corrected chi connectivity index (χ0v) is 20.9. The predicted molar refractivity (Wildman–Crippen MR) is 104 cm³/mol. The first-order valence-corrected chi connectivity index (χ1v) is 13.0. The molecule has 2 nitrogen and oxygen atoms in total. The summed E-state index contributed by atoms with van der Waals surface area (Å²) in [5, 5.41) is 6.10. The monoisotopic (exact) mass is 574 g/mol. The van der Waals surface area contributed by atoms with Crippen LogP contribution in [0.4, 0.5) is 0 Å². The first-order valence-electron chi connectivity index (χ1n) is 9.09. The molecule has 0 N–H and O–H groups in total. The minimum Gasteiger partial charge on any atom is -1.00 e. The van der Waals surface area contributed by atoms with Crippen molar-refractivity contribution in [2.45, 2.75) is 23.9 Å². The number of halogens is 2. The molecule has 5 rings (SSSR count). The standard InChI is InChI=1S/C16H11N2.C7H9.2ClH.Hf/c1-2-6-13-10-15(9-12(13)5-1)18-11-14-7-3-4-8-16(14)17-18;1-6-4-3-5-7(6)2;;;/h1-11H;4H,3H2,1-2H3;2*1H;/q;;;;+2/p-2. The average molecular weight is 574 g/mol. The van der Waals surface area contributed by atoms with Gasteiger partial charge in [0.2, 0.25) is 0 Å². The van der Waals surface area contributed by atoms with E-state index in [2.05, 4.69) is 85.4 Å². The van der Waals surface area contributed by atoms with Gasteiger partial charge in [0.1, 0.15) is 0 Å². The molecule has 0 aliphatic heterocycles. The summed E-state index contributed by atoms with van der Waals surface area (Å²) in [6, 6.07) is 17.3. The fourth-order valence-corrected chi connectivity index (χ4v) is 10.2. The second kappa shape index (κ2) is 8.52. The van der Waals surface area contributed by atoms with Gasteiger partial charge in [-0.1, -0.05) is 0 Å². The van der Waals surface area contributed by atoms with Crippen LogP contribution in [0.25, 0.3) is 22.7 Å². The van der Waals surface area contributed by atoms with Crippen LogP contribution in [-0.2, 0) is 22.9 Å². The van der Waals surface area contributed by atoms with Crippen LogP contribution in [0.1, 0.15) is 35.1 Å². The molecular formula is C23H20Cl2HfN2. The molecule has 2 aromatic carbocycles. The molecule has 3 aromatic rings. The van der Waals surface area contributed by atoms with Crippen molar-refractivity contribution in [1.82, 2.24) is 9.78 Å². The van der Waals surface area contributed by atoms with Crippen molar-refractivity contribution >= 4 is 22.7 Å². The van der Waals surface area contributed by atoms with E-state index in [0.717, 1.165) is 5.52 Å². The Bertz CT molecular complexity index is 1090. The van der Waals surface area contributed by atoms with Crippen molar-refractivity contribution < 1.29 is 47.7 Å². The fourth-order valence-electron chi connectivity index (χ4n) is 3.89. The summed E-state index contributed by atoms with van der Waals surface area (Å²) >= 11 is -1.06. The molecule has 28 heavy (non-hydrogen) atoms. The Kier molecular flexibility index (Phi) is 6.48. The van der Waals surface area contributed by atoms with E-state index in [-0.39, 0.29) is 24.8 Å². The normalized spacial score (nSPS) is 17.4. The maximum atomic E-state index is 4.89. The van der Waals surface area contributed by atoms with Crippen LogP contribution < -0.4 is 24.8 Å². The van der Waals surface area contributed by atoms with Gasteiger partial charge in [-0.3, -0.25) is 0 Å². The topological polar surface area (TPSA) is 17.8 Å². The third-order valence-corrected chi connectivity index (χ3v) is 12.1. The van der Waals surface area contributed by atoms with Crippen molar-refractivity contribution in [3.8, 4) is 0 Å². The van der Waals surface area contributed by atoms with Crippen molar-refractivity contribution in [1.29, 1.82) is 0 Å². The van der Waals surface area contributed by atoms with Crippen LogP contribution in [0.15, 0.2) is 75.3 Å². The summed E-state index contributed by atoms with van der Waals surface area (Å²) < 4.78 is 4.46. The molecule has 1 heterocycles. The van der Waals surface area contributed by atoms with Gasteiger partial charge >= 0.3 is 166 Å². The minimum absolute atomic E-state index is 0. The number of fused-ring (bicyclic) bond motifs is 2. The molecule has 2 aliphatic carbocycles. The first-order chi connectivity index (χ1) is 12.7. The van der Waals surface area contributed by atoms with E-state index >= 15 is 0 Å². The molecule has 5 heteroatoms. The number of rotatable bonds is 3. The van der Waals surface area contributed by atoms with Gasteiger partial charge < -0.3 is 24.8 Å². The number of aromatic nitrogens is 2. The summed E-state index contributed by atoms with van der Waals surface area (Å²) in [6.45, 7) is 4.57. The predicted octanol–water partition coefficient (Wildman–Crippen LogP) is -0.196. The maximum Gasteiger partial charge on any atom is -1.00 e. The van der Waals surface area contributed by atoms with Crippen LogP contribution in [0.3, 0.4) is 0 Å². The SMILES string of the molecule is CC1=CC[C]([Hf+2][CH]2C(n3cc4ccccc4n3)=Cc3ccccc32)=C1C.[Cl-].[Cl-]. The van der Waals surface area contributed by atoms with Gasteiger partial charge in [0.25, 0.3) is 0 Å². The maximum absolute atomic E-state index is 4.89. The molecule has 0 fully saturated rings. The quantitative estimate of drug-likeness (QED) is 0.397.